The quantitative estimate of drug-likeness (QED) is 0.348. The fourth-order valence-corrected chi connectivity index (χ4v) is 2.53. The zero-order valence-corrected chi connectivity index (χ0v) is 14.9. The van der Waals surface area contributed by atoms with Crippen LogP contribution in [0.1, 0.15) is 20.7 Å². The molecule has 0 aliphatic carbocycles. The molecule has 2 N–H and O–H groups in total. The van der Waals surface area contributed by atoms with Crippen LogP contribution in [0, 0.1) is 10.1 Å². The van der Waals surface area contributed by atoms with Crippen molar-refractivity contribution >= 4 is 34.6 Å². The van der Waals surface area contributed by atoms with Gasteiger partial charge >= 0.3 is 5.97 Å². The van der Waals surface area contributed by atoms with Crippen LogP contribution in [-0.4, -0.2) is 21.9 Å². The number of amides is 1. The molecule has 9 heteroatoms. The third-order valence-corrected chi connectivity index (χ3v) is 3.86. The van der Waals surface area contributed by atoms with E-state index in [1.807, 2.05) is 18.2 Å². The van der Waals surface area contributed by atoms with Crippen LogP contribution in [0.4, 0.5) is 22.7 Å². The molecule has 0 aliphatic heterocycles. The van der Waals surface area contributed by atoms with Crippen LogP contribution in [0.2, 0.25) is 0 Å². The van der Waals surface area contributed by atoms with Gasteiger partial charge in [0.2, 0.25) is 0 Å². The van der Waals surface area contributed by atoms with Crippen molar-refractivity contribution in [2.24, 2.45) is 10.2 Å². The Morgan fingerprint density at radius 1 is 0.862 bits per heavy atom. The highest BCUT2D eigenvalue weighted by Gasteiger charge is 2.26. The zero-order chi connectivity index (χ0) is 20.8. The molecule has 0 saturated heterocycles. The SMILES string of the molecule is O=C(Nc1ccc(N=Nc2ccccc2)cc1)c1cccc([N+](=O)[O-])c1C(=O)O. The molecule has 3 aromatic rings. The van der Waals surface area contributed by atoms with E-state index in [1.54, 1.807) is 36.4 Å². The summed E-state index contributed by atoms with van der Waals surface area (Å²) in [6.07, 6.45) is 0. The number of azo groups is 1. The van der Waals surface area contributed by atoms with Crippen LogP contribution < -0.4 is 5.32 Å². The maximum Gasteiger partial charge on any atom is 0.343 e. The van der Waals surface area contributed by atoms with E-state index in [-0.39, 0.29) is 5.56 Å². The molecule has 29 heavy (non-hydrogen) atoms. The average molecular weight is 390 g/mol. The Labute approximate surface area is 164 Å². The van der Waals surface area contributed by atoms with Gasteiger partial charge < -0.3 is 10.4 Å². The van der Waals surface area contributed by atoms with E-state index in [2.05, 4.69) is 15.5 Å². The molecule has 0 saturated carbocycles. The van der Waals surface area contributed by atoms with Gasteiger partial charge in [-0.3, -0.25) is 14.9 Å². The number of benzene rings is 3. The molecule has 0 bridgehead atoms. The monoisotopic (exact) mass is 390 g/mol. The van der Waals surface area contributed by atoms with Gasteiger partial charge in [0.25, 0.3) is 11.6 Å². The molecule has 0 spiro atoms. The van der Waals surface area contributed by atoms with Crippen molar-refractivity contribution in [2.45, 2.75) is 0 Å². The third kappa shape index (κ3) is 4.66. The molecule has 9 nitrogen and oxygen atoms in total. The van der Waals surface area contributed by atoms with Crippen molar-refractivity contribution in [1.29, 1.82) is 0 Å². The van der Waals surface area contributed by atoms with E-state index in [0.717, 1.165) is 6.07 Å². The number of nitro benzene ring substituents is 1. The van der Waals surface area contributed by atoms with E-state index in [0.29, 0.717) is 17.1 Å². The molecule has 0 atom stereocenters. The number of rotatable bonds is 6. The lowest BCUT2D eigenvalue weighted by Gasteiger charge is -2.08. The molecule has 144 valence electrons. The first-order valence-electron chi connectivity index (χ1n) is 8.34. The summed E-state index contributed by atoms with van der Waals surface area (Å²) in [6, 6.07) is 19.0. The summed E-state index contributed by atoms with van der Waals surface area (Å²) >= 11 is 0. The highest BCUT2D eigenvalue weighted by molar-refractivity contribution is 6.12. The maximum absolute atomic E-state index is 12.5. The first-order valence-corrected chi connectivity index (χ1v) is 8.34. The Morgan fingerprint density at radius 3 is 2.07 bits per heavy atom. The Kier molecular flexibility index (Phi) is 5.69. The summed E-state index contributed by atoms with van der Waals surface area (Å²) < 4.78 is 0. The number of carbonyl (C=O) groups is 2. The number of carboxylic acid groups (broad SMARTS) is 1. The molecule has 3 rings (SSSR count). The molecule has 1 amide bonds. The second-order valence-electron chi connectivity index (χ2n) is 5.80. The van der Waals surface area contributed by atoms with Crippen LogP contribution in [0.3, 0.4) is 0 Å². The molecule has 0 heterocycles. The van der Waals surface area contributed by atoms with Crippen LogP contribution in [0.25, 0.3) is 0 Å². The Balaban J connectivity index is 1.78. The van der Waals surface area contributed by atoms with Crippen LogP contribution in [0.5, 0.6) is 0 Å². The molecule has 0 aliphatic rings. The van der Waals surface area contributed by atoms with Gasteiger partial charge in [0.05, 0.1) is 21.9 Å². The Bertz CT molecular complexity index is 1100. The lowest BCUT2D eigenvalue weighted by molar-refractivity contribution is -0.385. The second kappa shape index (κ2) is 8.53. The van der Waals surface area contributed by atoms with Crippen molar-refractivity contribution in [3.05, 3.63) is 94.0 Å². The van der Waals surface area contributed by atoms with E-state index >= 15 is 0 Å². The van der Waals surface area contributed by atoms with E-state index in [4.69, 9.17) is 0 Å². The molecule has 3 aromatic carbocycles. The number of hydrogen-bond donors (Lipinski definition) is 2. The lowest BCUT2D eigenvalue weighted by Crippen LogP contribution is -2.17. The van der Waals surface area contributed by atoms with Gasteiger partial charge in [-0.25, -0.2) is 4.79 Å². The molecule has 0 aromatic heterocycles. The number of carboxylic acids is 1. The summed E-state index contributed by atoms with van der Waals surface area (Å²) in [6.45, 7) is 0. The predicted octanol–water partition coefficient (Wildman–Crippen LogP) is 4.96. The summed E-state index contributed by atoms with van der Waals surface area (Å²) in [5.41, 5.74) is -0.00803. The number of aromatic carboxylic acids is 1. The first-order chi connectivity index (χ1) is 14.0. The largest absolute Gasteiger partial charge is 0.477 e. The van der Waals surface area contributed by atoms with Gasteiger partial charge in [-0.2, -0.15) is 10.2 Å². The molecular weight excluding hydrogens is 376 g/mol. The number of hydrogen-bond acceptors (Lipinski definition) is 6. The summed E-state index contributed by atoms with van der Waals surface area (Å²) in [7, 11) is 0. The van der Waals surface area contributed by atoms with Crippen molar-refractivity contribution in [3.8, 4) is 0 Å². The van der Waals surface area contributed by atoms with Crippen molar-refractivity contribution < 1.29 is 19.6 Å². The summed E-state index contributed by atoms with van der Waals surface area (Å²) in [5.74, 6) is -2.33. The normalized spacial score (nSPS) is 10.6. The van der Waals surface area contributed by atoms with E-state index in [1.165, 1.54) is 12.1 Å². The maximum atomic E-state index is 12.5. The van der Waals surface area contributed by atoms with Gasteiger partial charge in [-0.1, -0.05) is 24.3 Å². The average Bonchev–Trinajstić information content (AvgIpc) is 2.73. The second-order valence-corrected chi connectivity index (χ2v) is 5.80. The van der Waals surface area contributed by atoms with Gasteiger partial charge in [0, 0.05) is 11.8 Å². The van der Waals surface area contributed by atoms with Crippen molar-refractivity contribution in [1.82, 2.24) is 0 Å². The van der Waals surface area contributed by atoms with E-state index < -0.39 is 28.1 Å². The Morgan fingerprint density at radius 2 is 1.48 bits per heavy atom. The molecule has 0 unspecified atom stereocenters. The summed E-state index contributed by atoms with van der Waals surface area (Å²) in [5, 5.41) is 31.0. The van der Waals surface area contributed by atoms with Gasteiger partial charge in [0.15, 0.2) is 0 Å². The van der Waals surface area contributed by atoms with Gasteiger partial charge in [-0.15, -0.1) is 0 Å². The van der Waals surface area contributed by atoms with E-state index in [9.17, 15) is 24.8 Å². The lowest BCUT2D eigenvalue weighted by atomic mass is 10.0. The zero-order valence-electron chi connectivity index (χ0n) is 14.9. The minimum atomic E-state index is -1.56. The topological polar surface area (TPSA) is 134 Å². The van der Waals surface area contributed by atoms with Crippen molar-refractivity contribution in [3.63, 3.8) is 0 Å². The minimum Gasteiger partial charge on any atom is -0.477 e. The number of anilines is 1. The summed E-state index contributed by atoms with van der Waals surface area (Å²) in [4.78, 5) is 34.1. The molecule has 0 radical (unpaired) electrons. The highest BCUT2D eigenvalue weighted by Crippen LogP contribution is 2.24. The molecule has 0 fully saturated rings. The number of nitrogens with one attached hydrogen (secondary N) is 1. The van der Waals surface area contributed by atoms with Gasteiger partial charge in [0.1, 0.15) is 5.56 Å². The van der Waals surface area contributed by atoms with Crippen LogP contribution in [0.15, 0.2) is 83.0 Å². The number of nitro groups is 1. The minimum absolute atomic E-state index is 0.306. The highest BCUT2D eigenvalue weighted by atomic mass is 16.6. The third-order valence-electron chi connectivity index (χ3n) is 3.86. The standard InChI is InChI=1S/C20H14N4O5/c25-19(16-7-4-8-17(24(28)29)18(16)20(26)27)21-13-9-11-15(12-10-13)23-22-14-5-2-1-3-6-14/h1-12H,(H,21,25)(H,26,27). The predicted molar refractivity (Wildman–Crippen MR) is 105 cm³/mol. The fraction of sp³-hybridized carbons (Fsp3) is 0. The first kappa shape index (κ1) is 19.4. The number of carbonyl (C=O) groups excluding carboxylic acids is 1. The smallest absolute Gasteiger partial charge is 0.343 e. The number of nitrogens with zero attached hydrogens (tertiary/aromatic N) is 3. The molecular formula is C20H14N4O5. The Hall–Kier alpha value is -4.40. The van der Waals surface area contributed by atoms with Gasteiger partial charge in [-0.05, 0) is 42.5 Å². The fourth-order valence-electron chi connectivity index (χ4n) is 2.53. The van der Waals surface area contributed by atoms with Crippen LogP contribution >= 0.6 is 0 Å². The van der Waals surface area contributed by atoms with Crippen LogP contribution in [-0.2, 0) is 0 Å². The van der Waals surface area contributed by atoms with Crippen molar-refractivity contribution in [2.75, 3.05) is 5.32 Å².